The van der Waals surface area contributed by atoms with Gasteiger partial charge in [0.25, 0.3) is 17.7 Å². The maximum absolute atomic E-state index is 13.7. The van der Waals surface area contributed by atoms with Gasteiger partial charge in [0.15, 0.2) is 6.61 Å². The van der Waals surface area contributed by atoms with Crippen LogP contribution in [0.4, 0.5) is 15.8 Å². The molecule has 0 unspecified atom stereocenters. The number of ether oxygens (including phenoxy) is 1. The molecule has 0 saturated carbocycles. The van der Waals surface area contributed by atoms with Gasteiger partial charge in [-0.05, 0) is 48.5 Å². The van der Waals surface area contributed by atoms with Gasteiger partial charge in [0.05, 0.1) is 11.4 Å². The second-order valence-electron chi connectivity index (χ2n) is 6.97. The maximum Gasteiger partial charge on any atom is 0.282 e. The molecule has 0 aliphatic carbocycles. The van der Waals surface area contributed by atoms with Gasteiger partial charge in [0.2, 0.25) is 0 Å². The van der Waals surface area contributed by atoms with Crippen molar-refractivity contribution in [2.24, 2.45) is 0 Å². The zero-order chi connectivity index (χ0) is 23.4. The van der Waals surface area contributed by atoms with Crippen LogP contribution in [0.15, 0.2) is 82.8 Å². The molecule has 166 valence electrons. The summed E-state index contributed by atoms with van der Waals surface area (Å²) in [6.45, 7) is -0.400. The van der Waals surface area contributed by atoms with Crippen molar-refractivity contribution in [3.8, 4) is 5.75 Å². The van der Waals surface area contributed by atoms with Crippen LogP contribution in [-0.4, -0.2) is 24.3 Å². The molecule has 0 bridgehead atoms. The van der Waals surface area contributed by atoms with Crippen LogP contribution in [0.2, 0.25) is 0 Å². The molecule has 0 atom stereocenters. The molecule has 1 aliphatic heterocycles. The first kappa shape index (κ1) is 22.2. The van der Waals surface area contributed by atoms with E-state index in [0.717, 1.165) is 5.01 Å². The summed E-state index contributed by atoms with van der Waals surface area (Å²) in [6, 6.07) is 19.4. The van der Waals surface area contributed by atoms with E-state index >= 15 is 0 Å². The Bertz CT molecular complexity index is 1260. The van der Waals surface area contributed by atoms with Crippen molar-refractivity contribution in [2.75, 3.05) is 16.9 Å². The molecule has 1 saturated heterocycles. The lowest BCUT2D eigenvalue weighted by Crippen LogP contribution is -2.35. The van der Waals surface area contributed by atoms with Crippen molar-refractivity contribution in [1.82, 2.24) is 5.43 Å². The van der Waals surface area contributed by atoms with Crippen LogP contribution in [-0.2, 0) is 14.4 Å². The SMILES string of the molecule is O=C(COc1ccc(Br)cc1/C=C1/C(=O)NN(c2ccccc2)C1=O)Nc1ccccc1F. The third-order valence-electron chi connectivity index (χ3n) is 4.68. The lowest BCUT2D eigenvalue weighted by Gasteiger charge is -2.14. The molecule has 3 aromatic carbocycles. The minimum absolute atomic E-state index is 0.0403. The normalized spacial score (nSPS) is 14.4. The molecule has 1 aliphatic rings. The molecule has 3 aromatic rings. The Morgan fingerprint density at radius 1 is 1.06 bits per heavy atom. The van der Waals surface area contributed by atoms with Crippen LogP contribution in [0.1, 0.15) is 5.56 Å². The van der Waals surface area contributed by atoms with E-state index < -0.39 is 30.1 Å². The summed E-state index contributed by atoms with van der Waals surface area (Å²) >= 11 is 3.36. The molecule has 0 aromatic heterocycles. The first-order valence-corrected chi connectivity index (χ1v) is 10.6. The van der Waals surface area contributed by atoms with Gasteiger partial charge in [-0.25, -0.2) is 9.40 Å². The third-order valence-corrected chi connectivity index (χ3v) is 5.18. The topological polar surface area (TPSA) is 87.7 Å². The van der Waals surface area contributed by atoms with E-state index in [0.29, 0.717) is 15.7 Å². The average Bonchev–Trinajstić information content (AvgIpc) is 3.09. The van der Waals surface area contributed by atoms with Crippen LogP contribution in [0.3, 0.4) is 0 Å². The third kappa shape index (κ3) is 5.09. The predicted octanol–water partition coefficient (Wildman–Crippen LogP) is 4.07. The molecular formula is C24H17BrFN3O4. The minimum Gasteiger partial charge on any atom is -0.483 e. The number of nitrogens with zero attached hydrogens (tertiary/aromatic N) is 1. The smallest absolute Gasteiger partial charge is 0.282 e. The van der Waals surface area contributed by atoms with Crippen molar-refractivity contribution < 1.29 is 23.5 Å². The number of para-hydroxylation sites is 2. The molecule has 1 fully saturated rings. The van der Waals surface area contributed by atoms with Crippen LogP contribution >= 0.6 is 15.9 Å². The largest absolute Gasteiger partial charge is 0.483 e. The highest BCUT2D eigenvalue weighted by Crippen LogP contribution is 2.28. The van der Waals surface area contributed by atoms with E-state index in [2.05, 4.69) is 26.7 Å². The van der Waals surface area contributed by atoms with Crippen molar-refractivity contribution in [1.29, 1.82) is 0 Å². The molecule has 3 amide bonds. The molecule has 2 N–H and O–H groups in total. The Morgan fingerprint density at radius 3 is 2.55 bits per heavy atom. The van der Waals surface area contributed by atoms with Gasteiger partial charge in [-0.2, -0.15) is 0 Å². The lowest BCUT2D eigenvalue weighted by molar-refractivity contribution is -0.118. The number of hydrogen-bond donors (Lipinski definition) is 2. The van der Waals surface area contributed by atoms with Crippen molar-refractivity contribution in [3.63, 3.8) is 0 Å². The fourth-order valence-electron chi connectivity index (χ4n) is 3.13. The van der Waals surface area contributed by atoms with Gasteiger partial charge in [0, 0.05) is 10.0 Å². The second kappa shape index (κ2) is 9.66. The van der Waals surface area contributed by atoms with E-state index in [1.807, 2.05) is 0 Å². The van der Waals surface area contributed by atoms with Gasteiger partial charge in [-0.3, -0.25) is 19.8 Å². The van der Waals surface area contributed by atoms with E-state index in [1.165, 1.54) is 24.3 Å². The van der Waals surface area contributed by atoms with Crippen LogP contribution in [0.25, 0.3) is 6.08 Å². The summed E-state index contributed by atoms with van der Waals surface area (Å²) in [5.74, 6) is -1.94. The number of hydrogen-bond acceptors (Lipinski definition) is 4. The molecule has 1 heterocycles. The number of carbonyl (C=O) groups excluding carboxylic acids is 3. The second-order valence-corrected chi connectivity index (χ2v) is 7.89. The molecule has 4 rings (SSSR count). The van der Waals surface area contributed by atoms with Crippen molar-refractivity contribution in [2.45, 2.75) is 0 Å². The number of halogens is 2. The van der Waals surface area contributed by atoms with Crippen LogP contribution < -0.4 is 20.5 Å². The standard InChI is InChI=1S/C24H17BrFN3O4/c25-16-10-11-21(33-14-22(30)27-20-9-5-4-8-19(20)26)15(12-16)13-18-23(31)28-29(24(18)32)17-6-2-1-3-7-17/h1-13H,14H2,(H,27,30)(H,28,31)/b18-13-. The van der Waals surface area contributed by atoms with E-state index in [-0.39, 0.29) is 17.0 Å². The Hall–Kier alpha value is -3.98. The highest BCUT2D eigenvalue weighted by atomic mass is 79.9. The average molecular weight is 510 g/mol. The predicted molar refractivity (Wildman–Crippen MR) is 125 cm³/mol. The summed E-state index contributed by atoms with van der Waals surface area (Å²) < 4.78 is 20.0. The number of nitrogens with one attached hydrogen (secondary N) is 2. The zero-order valence-electron chi connectivity index (χ0n) is 17.0. The Morgan fingerprint density at radius 2 is 1.79 bits per heavy atom. The van der Waals surface area contributed by atoms with E-state index in [1.54, 1.807) is 54.6 Å². The quantitative estimate of drug-likeness (QED) is 0.387. The minimum atomic E-state index is -0.563. The number of hydrazine groups is 1. The number of benzene rings is 3. The van der Waals surface area contributed by atoms with Crippen molar-refractivity contribution in [3.05, 3.63) is 94.2 Å². The number of rotatable bonds is 6. The highest BCUT2D eigenvalue weighted by molar-refractivity contribution is 9.10. The van der Waals surface area contributed by atoms with Gasteiger partial charge in [0.1, 0.15) is 17.1 Å². The monoisotopic (exact) mass is 509 g/mol. The van der Waals surface area contributed by atoms with Gasteiger partial charge in [-0.1, -0.05) is 46.3 Å². The number of amides is 3. The fourth-order valence-corrected chi connectivity index (χ4v) is 3.51. The fraction of sp³-hybridized carbons (Fsp3) is 0.0417. The van der Waals surface area contributed by atoms with Crippen LogP contribution in [0.5, 0.6) is 5.75 Å². The molecule has 33 heavy (non-hydrogen) atoms. The summed E-state index contributed by atoms with van der Waals surface area (Å²) in [4.78, 5) is 37.5. The highest BCUT2D eigenvalue weighted by Gasteiger charge is 2.34. The summed E-state index contributed by atoms with van der Waals surface area (Å²) in [5.41, 5.74) is 3.42. The van der Waals surface area contributed by atoms with Gasteiger partial charge in [-0.15, -0.1) is 0 Å². The first-order valence-electron chi connectivity index (χ1n) is 9.81. The Balaban J connectivity index is 1.53. The van der Waals surface area contributed by atoms with Crippen LogP contribution in [0, 0.1) is 5.82 Å². The number of anilines is 2. The Kier molecular flexibility index (Phi) is 6.50. The summed E-state index contributed by atoms with van der Waals surface area (Å²) in [5, 5.41) is 3.60. The Labute approximate surface area is 197 Å². The maximum atomic E-state index is 13.7. The van der Waals surface area contributed by atoms with Crippen molar-refractivity contribution >= 4 is 51.1 Å². The van der Waals surface area contributed by atoms with E-state index in [9.17, 15) is 18.8 Å². The molecule has 7 nitrogen and oxygen atoms in total. The number of carbonyl (C=O) groups is 3. The molecule has 9 heteroatoms. The summed E-state index contributed by atoms with van der Waals surface area (Å²) in [7, 11) is 0. The molecular weight excluding hydrogens is 493 g/mol. The van der Waals surface area contributed by atoms with Gasteiger partial charge < -0.3 is 10.1 Å². The summed E-state index contributed by atoms with van der Waals surface area (Å²) in [6.07, 6.45) is 1.40. The zero-order valence-corrected chi connectivity index (χ0v) is 18.6. The van der Waals surface area contributed by atoms with Gasteiger partial charge >= 0.3 is 0 Å². The molecule has 0 radical (unpaired) electrons. The van der Waals surface area contributed by atoms with E-state index in [4.69, 9.17) is 4.74 Å². The molecule has 0 spiro atoms. The first-order chi connectivity index (χ1) is 15.9. The lowest BCUT2D eigenvalue weighted by atomic mass is 10.1.